The first kappa shape index (κ1) is 10.6. The number of hydrogen-bond donors (Lipinski definition) is 0. The van der Waals surface area contributed by atoms with Gasteiger partial charge >= 0.3 is 0 Å². The Hall–Kier alpha value is -0.890. The molecular formula is C13H20N2. The molecule has 0 atom stereocenters. The van der Waals surface area contributed by atoms with Gasteiger partial charge in [0.25, 0.3) is 0 Å². The molecule has 0 aliphatic carbocycles. The van der Waals surface area contributed by atoms with Gasteiger partial charge in [-0.2, -0.15) is 0 Å². The van der Waals surface area contributed by atoms with E-state index in [0.29, 0.717) is 0 Å². The van der Waals surface area contributed by atoms with Crippen LogP contribution in [0.25, 0.3) is 0 Å². The molecule has 1 aliphatic heterocycles. The van der Waals surface area contributed by atoms with E-state index in [2.05, 4.69) is 48.9 Å². The third-order valence-corrected chi connectivity index (χ3v) is 3.26. The average molecular weight is 204 g/mol. The molecule has 2 rings (SSSR count). The van der Waals surface area contributed by atoms with Gasteiger partial charge < -0.3 is 0 Å². The van der Waals surface area contributed by atoms with E-state index in [0.717, 1.165) is 24.1 Å². The fourth-order valence-corrected chi connectivity index (χ4v) is 2.08. The second-order valence-corrected chi connectivity index (χ2v) is 4.97. The predicted molar refractivity (Wildman–Crippen MR) is 62.6 cm³/mol. The molecule has 0 spiro atoms. The Morgan fingerprint density at radius 2 is 2.13 bits per heavy atom. The number of nitrogens with zero attached hydrogens (tertiary/aromatic N) is 2. The van der Waals surface area contributed by atoms with Crippen LogP contribution >= 0.6 is 0 Å². The van der Waals surface area contributed by atoms with E-state index in [1.54, 1.807) is 0 Å². The van der Waals surface area contributed by atoms with Gasteiger partial charge in [-0.05, 0) is 30.9 Å². The summed E-state index contributed by atoms with van der Waals surface area (Å²) in [5.74, 6) is 1.72. The van der Waals surface area contributed by atoms with E-state index in [4.69, 9.17) is 0 Å². The highest BCUT2D eigenvalue weighted by atomic mass is 15.2. The smallest absolute Gasteiger partial charge is 0.0547 e. The van der Waals surface area contributed by atoms with Crippen molar-refractivity contribution in [3.8, 4) is 0 Å². The van der Waals surface area contributed by atoms with Gasteiger partial charge in [0, 0.05) is 25.3 Å². The van der Waals surface area contributed by atoms with Gasteiger partial charge in [-0.25, -0.2) is 0 Å². The van der Waals surface area contributed by atoms with Crippen LogP contribution < -0.4 is 0 Å². The third-order valence-electron chi connectivity index (χ3n) is 3.26. The highest BCUT2D eigenvalue weighted by molar-refractivity contribution is 5.10. The minimum Gasteiger partial charge on any atom is -0.297 e. The number of likely N-dealkylation sites (tertiary alicyclic amines) is 1. The minimum absolute atomic E-state index is 0.826. The maximum atomic E-state index is 4.52. The van der Waals surface area contributed by atoms with Crippen LogP contribution in [0.2, 0.25) is 0 Å². The maximum Gasteiger partial charge on any atom is 0.0547 e. The van der Waals surface area contributed by atoms with E-state index in [1.165, 1.54) is 18.8 Å². The molecule has 0 unspecified atom stereocenters. The van der Waals surface area contributed by atoms with Gasteiger partial charge in [-0.1, -0.05) is 19.9 Å². The minimum atomic E-state index is 0.826. The molecule has 0 aromatic carbocycles. The van der Waals surface area contributed by atoms with Gasteiger partial charge in [0.1, 0.15) is 0 Å². The number of aryl methyl sites for hydroxylation is 1. The predicted octanol–water partition coefficient (Wildman–Crippen LogP) is 2.48. The van der Waals surface area contributed by atoms with E-state index >= 15 is 0 Å². The van der Waals surface area contributed by atoms with Crippen molar-refractivity contribution in [2.24, 2.45) is 11.8 Å². The van der Waals surface area contributed by atoms with Crippen molar-refractivity contribution in [3.05, 3.63) is 29.6 Å². The summed E-state index contributed by atoms with van der Waals surface area (Å²) in [4.78, 5) is 7.00. The quantitative estimate of drug-likeness (QED) is 0.752. The van der Waals surface area contributed by atoms with Crippen LogP contribution in [0.15, 0.2) is 18.2 Å². The van der Waals surface area contributed by atoms with Crippen molar-refractivity contribution in [1.82, 2.24) is 9.88 Å². The van der Waals surface area contributed by atoms with E-state index in [-0.39, 0.29) is 0 Å². The molecule has 82 valence electrons. The van der Waals surface area contributed by atoms with Gasteiger partial charge in [-0.15, -0.1) is 0 Å². The Kier molecular flexibility index (Phi) is 3.06. The number of hydrogen-bond acceptors (Lipinski definition) is 2. The molecule has 1 saturated heterocycles. The lowest BCUT2D eigenvalue weighted by molar-refractivity contribution is 0.0602. The van der Waals surface area contributed by atoms with Crippen molar-refractivity contribution in [2.75, 3.05) is 13.1 Å². The van der Waals surface area contributed by atoms with E-state index in [9.17, 15) is 0 Å². The molecule has 0 N–H and O–H groups in total. The van der Waals surface area contributed by atoms with Crippen molar-refractivity contribution >= 4 is 0 Å². The largest absolute Gasteiger partial charge is 0.297 e. The fraction of sp³-hybridized carbons (Fsp3) is 0.615. The van der Waals surface area contributed by atoms with Crippen molar-refractivity contribution < 1.29 is 0 Å². The Balaban J connectivity index is 1.85. The van der Waals surface area contributed by atoms with Crippen molar-refractivity contribution in [2.45, 2.75) is 27.3 Å². The summed E-state index contributed by atoms with van der Waals surface area (Å²) in [6.07, 6.45) is 0. The zero-order valence-electron chi connectivity index (χ0n) is 9.90. The van der Waals surface area contributed by atoms with Crippen LogP contribution in [-0.2, 0) is 6.54 Å². The first-order valence-electron chi connectivity index (χ1n) is 5.80. The topological polar surface area (TPSA) is 16.1 Å². The summed E-state index contributed by atoms with van der Waals surface area (Å²) in [5, 5.41) is 0. The molecule has 0 radical (unpaired) electrons. The summed E-state index contributed by atoms with van der Waals surface area (Å²) in [5.41, 5.74) is 2.32. The van der Waals surface area contributed by atoms with Crippen LogP contribution in [0.3, 0.4) is 0 Å². The zero-order valence-corrected chi connectivity index (χ0v) is 9.90. The molecule has 2 heteroatoms. The Morgan fingerprint density at radius 1 is 1.40 bits per heavy atom. The maximum absolute atomic E-state index is 4.52. The van der Waals surface area contributed by atoms with Gasteiger partial charge in [-0.3, -0.25) is 9.88 Å². The monoisotopic (exact) mass is 204 g/mol. The van der Waals surface area contributed by atoms with Gasteiger partial charge in [0.2, 0.25) is 0 Å². The third kappa shape index (κ3) is 2.57. The highest BCUT2D eigenvalue weighted by Gasteiger charge is 2.28. The second kappa shape index (κ2) is 4.31. The molecule has 15 heavy (non-hydrogen) atoms. The molecule has 1 aromatic rings. The summed E-state index contributed by atoms with van der Waals surface area (Å²) < 4.78 is 0. The summed E-state index contributed by atoms with van der Waals surface area (Å²) in [6, 6.07) is 6.27. The van der Waals surface area contributed by atoms with Gasteiger partial charge in [0.05, 0.1) is 5.69 Å². The molecule has 0 amide bonds. The van der Waals surface area contributed by atoms with Crippen LogP contribution in [0.1, 0.15) is 25.2 Å². The Labute approximate surface area is 92.3 Å². The summed E-state index contributed by atoms with van der Waals surface area (Å²) in [7, 11) is 0. The number of aromatic nitrogens is 1. The van der Waals surface area contributed by atoms with Crippen LogP contribution in [0.4, 0.5) is 0 Å². The number of rotatable bonds is 3. The van der Waals surface area contributed by atoms with Crippen molar-refractivity contribution in [3.63, 3.8) is 0 Å². The standard InChI is InChI=1S/C13H20N2/c1-10(2)12-7-15(8-12)9-13-6-4-5-11(3)14-13/h4-6,10,12H,7-9H2,1-3H3. The molecule has 1 aliphatic rings. The summed E-state index contributed by atoms with van der Waals surface area (Å²) >= 11 is 0. The zero-order chi connectivity index (χ0) is 10.8. The Bertz CT molecular complexity index is 327. The lowest BCUT2D eigenvalue weighted by Gasteiger charge is -2.41. The molecule has 1 aromatic heterocycles. The molecule has 1 fully saturated rings. The highest BCUT2D eigenvalue weighted by Crippen LogP contribution is 2.24. The SMILES string of the molecule is Cc1cccc(CN2CC(C(C)C)C2)n1. The fourth-order valence-electron chi connectivity index (χ4n) is 2.08. The lowest BCUT2D eigenvalue weighted by atomic mass is 9.88. The molecule has 2 nitrogen and oxygen atoms in total. The van der Waals surface area contributed by atoms with Crippen LogP contribution in [-0.4, -0.2) is 23.0 Å². The number of pyridine rings is 1. The van der Waals surface area contributed by atoms with Crippen molar-refractivity contribution in [1.29, 1.82) is 0 Å². The molecular weight excluding hydrogens is 184 g/mol. The van der Waals surface area contributed by atoms with Crippen LogP contribution in [0, 0.1) is 18.8 Å². The van der Waals surface area contributed by atoms with E-state index < -0.39 is 0 Å². The van der Waals surface area contributed by atoms with Crippen LogP contribution in [0.5, 0.6) is 0 Å². The average Bonchev–Trinajstić information content (AvgIpc) is 2.10. The Morgan fingerprint density at radius 3 is 2.73 bits per heavy atom. The van der Waals surface area contributed by atoms with Gasteiger partial charge in [0.15, 0.2) is 0 Å². The first-order chi connectivity index (χ1) is 7.15. The summed E-state index contributed by atoms with van der Waals surface area (Å²) in [6.45, 7) is 10.2. The lowest BCUT2D eigenvalue weighted by Crippen LogP contribution is -2.48. The van der Waals surface area contributed by atoms with E-state index in [1.807, 2.05) is 0 Å². The molecule has 2 heterocycles. The molecule has 0 saturated carbocycles. The second-order valence-electron chi connectivity index (χ2n) is 4.97. The molecule has 0 bridgehead atoms. The first-order valence-corrected chi connectivity index (χ1v) is 5.80. The normalized spacial score (nSPS) is 18.1.